The lowest BCUT2D eigenvalue weighted by molar-refractivity contribution is -0.136. The largest absolute Gasteiger partial charge is 0.391 e. The van der Waals surface area contributed by atoms with Crippen molar-refractivity contribution in [2.24, 2.45) is 5.92 Å². The molecule has 7 amide bonds. The second-order valence-corrected chi connectivity index (χ2v) is 15.0. The smallest absolute Gasteiger partial charge is 0.245 e. The van der Waals surface area contributed by atoms with Crippen LogP contribution in [-0.4, -0.2) is 122 Å². The summed E-state index contributed by atoms with van der Waals surface area (Å²) < 4.78 is 0. The van der Waals surface area contributed by atoms with Crippen molar-refractivity contribution in [3.05, 3.63) is 35.9 Å². The number of hydrogen-bond donors (Lipinski definition) is 11. The molecule has 11 unspecified atom stereocenters. The summed E-state index contributed by atoms with van der Waals surface area (Å²) in [6.45, 7) is 7.29. The third-order valence-electron chi connectivity index (χ3n) is 9.80. The number of rotatable bonds is 14. The van der Waals surface area contributed by atoms with Crippen molar-refractivity contribution < 1.29 is 38.7 Å². The highest BCUT2D eigenvalue weighted by atomic mass is 31.0. The Morgan fingerprint density at radius 3 is 1.68 bits per heavy atom. The van der Waals surface area contributed by atoms with Crippen molar-refractivity contribution in [3.8, 4) is 0 Å². The summed E-state index contributed by atoms with van der Waals surface area (Å²) in [5.41, 5.74) is 0.739. The van der Waals surface area contributed by atoms with Gasteiger partial charge in [-0.2, -0.15) is 0 Å². The lowest BCUT2D eigenvalue weighted by Crippen LogP contribution is -2.61. The molecule has 1 aliphatic rings. The zero-order valence-corrected chi connectivity index (χ0v) is 35.9. The quantitative estimate of drug-likeness (QED) is 0.0915. The maximum Gasteiger partial charge on any atom is 0.245 e. The van der Waals surface area contributed by atoms with Crippen LogP contribution in [0.2, 0.25) is 0 Å². The number of benzene rings is 1. The fourth-order valence-electron chi connectivity index (χ4n) is 6.16. The minimum absolute atomic E-state index is 0.0412. The molecule has 0 bridgehead atoms. The molecular weight excluding hydrogens is 774 g/mol. The van der Waals surface area contributed by atoms with E-state index in [0.717, 1.165) is 5.56 Å². The molecule has 11 atom stereocenters. The Hall–Kier alpha value is -3.79. The van der Waals surface area contributed by atoms with Crippen LogP contribution < -0.4 is 52.7 Å². The van der Waals surface area contributed by atoms with Gasteiger partial charge in [-0.05, 0) is 51.1 Å². The lowest BCUT2D eigenvalue weighted by Gasteiger charge is -2.30. The minimum Gasteiger partial charge on any atom is -0.391 e. The molecule has 11 N–H and O–H groups in total. The molecule has 1 aliphatic heterocycles. The van der Waals surface area contributed by atoms with Gasteiger partial charge in [0, 0.05) is 26.1 Å². The van der Waals surface area contributed by atoms with Crippen molar-refractivity contribution >= 4 is 60.1 Å². The maximum absolute atomic E-state index is 14.1. The Bertz CT molecular complexity index is 1480. The first-order valence-corrected chi connectivity index (χ1v) is 20.7. The summed E-state index contributed by atoms with van der Waals surface area (Å²) in [4.78, 5) is 96.3. The second kappa shape index (κ2) is 26.3. The fourth-order valence-corrected chi connectivity index (χ4v) is 6.49. The minimum atomic E-state index is -1.41. The molecule has 320 valence electrons. The third kappa shape index (κ3) is 16.5. The molecule has 0 aromatic heterocycles. The molecule has 0 spiro atoms. The average Bonchev–Trinajstić information content (AvgIpc) is 3.19. The maximum atomic E-state index is 14.1. The number of aliphatic hydroxyl groups excluding tert-OH is 1. The van der Waals surface area contributed by atoms with Crippen LogP contribution in [0.25, 0.3) is 0 Å². The van der Waals surface area contributed by atoms with Crippen LogP contribution in [0, 0.1) is 5.92 Å². The molecule has 20 heteroatoms. The van der Waals surface area contributed by atoms with Crippen LogP contribution in [0.5, 0.6) is 0 Å². The number of carbonyl (C=O) groups is 7. The van der Waals surface area contributed by atoms with E-state index in [4.69, 9.17) is 0 Å². The molecule has 1 aromatic carbocycles. The first-order chi connectivity index (χ1) is 27.2. The van der Waals surface area contributed by atoms with Gasteiger partial charge in [-0.25, -0.2) is 0 Å². The average molecular weight is 839 g/mol. The predicted octanol–water partition coefficient (Wildman–Crippen LogP) is -1.99. The Labute approximate surface area is 340 Å². The summed E-state index contributed by atoms with van der Waals surface area (Å²) in [5, 5.41) is 38.2. The lowest BCUT2D eigenvalue weighted by atomic mass is 9.96. The second-order valence-electron chi connectivity index (χ2n) is 14.2. The normalized spacial score (nSPS) is 26.4. The first kappa shape index (κ1) is 49.4. The highest BCUT2D eigenvalue weighted by molar-refractivity contribution is 7.13. The topological polar surface area (TPSA) is 260 Å². The molecule has 1 aromatic rings. The number of carbonyl (C=O) groups excluding carboxylic acids is 7. The number of hydrogen-bond acceptors (Lipinski definition) is 11. The number of aliphatic hydroxyl groups is 1. The summed E-state index contributed by atoms with van der Waals surface area (Å²) in [5.74, 6) is -5.00. The predicted molar refractivity (Wildman–Crippen MR) is 223 cm³/mol. The summed E-state index contributed by atoms with van der Waals surface area (Å²) in [6, 6.07) is 1.10. The molecule has 0 aliphatic carbocycles. The van der Waals surface area contributed by atoms with E-state index in [1.165, 1.54) is 6.92 Å². The van der Waals surface area contributed by atoms with Crippen molar-refractivity contribution in [1.82, 2.24) is 52.7 Å². The van der Waals surface area contributed by atoms with Crippen LogP contribution in [0.3, 0.4) is 0 Å². The first-order valence-electron chi connectivity index (χ1n) is 19.6. The van der Waals surface area contributed by atoms with E-state index in [1.54, 1.807) is 38.2 Å². The summed E-state index contributed by atoms with van der Waals surface area (Å²) >= 11 is 0. The third-order valence-corrected chi connectivity index (χ3v) is 10.4. The molecule has 18 nitrogen and oxygen atoms in total. The monoisotopic (exact) mass is 838 g/mol. The van der Waals surface area contributed by atoms with Gasteiger partial charge in [0.25, 0.3) is 0 Å². The zero-order chi connectivity index (χ0) is 42.5. The van der Waals surface area contributed by atoms with Crippen LogP contribution in [0.4, 0.5) is 0 Å². The van der Waals surface area contributed by atoms with Gasteiger partial charge in [-0.15, -0.1) is 0 Å². The van der Waals surface area contributed by atoms with E-state index >= 15 is 0 Å². The molecule has 1 heterocycles. The Kier molecular flexibility index (Phi) is 22.7. The standard InChI is InChI=1S/C37H64N10O8P2/c1-6-11-25-32(50)45-28(20-23-12-9-8-10-13-23)35(53)46-29(21(3)7-2)37(55)44-26(15-18-40-56)33(51)43-27(16-19-41-57)34(52)47-30(22(4)48)36(54)39-17-14-24(38-5)31(49)42-25/h8-10,12-13,21-22,24-30,38,40-41,48H,6-7,11,14-20,56-57H2,1-5H3,(H,39,54)(H,42,49)(H,43,51)(H,44,55)(H,45,50)(H,46,53)(H,47,52). The molecular formula is C37H64N10O8P2. The van der Waals surface area contributed by atoms with Crippen molar-refractivity contribution in [1.29, 1.82) is 0 Å². The van der Waals surface area contributed by atoms with Crippen LogP contribution in [-0.2, 0) is 40.0 Å². The van der Waals surface area contributed by atoms with Crippen LogP contribution >= 0.6 is 18.8 Å². The van der Waals surface area contributed by atoms with Gasteiger partial charge < -0.3 is 57.8 Å². The summed E-state index contributed by atoms with van der Waals surface area (Å²) in [7, 11) is 6.18. The number of nitrogens with one attached hydrogen (secondary N) is 10. The van der Waals surface area contributed by atoms with Gasteiger partial charge >= 0.3 is 0 Å². The summed E-state index contributed by atoms with van der Waals surface area (Å²) in [6.07, 6.45) is 0.237. The molecule has 0 radical (unpaired) electrons. The van der Waals surface area contributed by atoms with E-state index in [0.29, 0.717) is 12.8 Å². The molecule has 1 fully saturated rings. The van der Waals surface area contributed by atoms with E-state index < -0.39 is 95.7 Å². The van der Waals surface area contributed by atoms with E-state index in [-0.39, 0.29) is 51.7 Å². The SMILES string of the molecule is CCCC1NC(=O)C(NC)CCNC(=O)C(C(C)O)NC(=O)C(CCNP)NC(=O)C(CCNP)NC(=O)C(C(C)CC)NC(=O)C(Cc2ccccc2)NC1=O. The van der Waals surface area contributed by atoms with Crippen molar-refractivity contribution in [2.75, 3.05) is 26.7 Å². The van der Waals surface area contributed by atoms with Gasteiger partial charge in [0.1, 0.15) is 36.3 Å². The van der Waals surface area contributed by atoms with Gasteiger partial charge in [0.2, 0.25) is 41.4 Å². The van der Waals surface area contributed by atoms with Crippen LogP contribution in [0.15, 0.2) is 30.3 Å². The highest BCUT2D eigenvalue weighted by Gasteiger charge is 2.36. The molecule has 57 heavy (non-hydrogen) atoms. The van der Waals surface area contributed by atoms with Crippen molar-refractivity contribution in [2.45, 2.75) is 121 Å². The Morgan fingerprint density at radius 1 is 0.667 bits per heavy atom. The Morgan fingerprint density at radius 2 is 1.16 bits per heavy atom. The molecule has 2 rings (SSSR count). The number of amides is 7. The van der Waals surface area contributed by atoms with Gasteiger partial charge in [0.05, 0.1) is 12.1 Å². The highest BCUT2D eigenvalue weighted by Crippen LogP contribution is 2.12. The Balaban J connectivity index is 2.64. The molecule has 1 saturated heterocycles. The van der Waals surface area contributed by atoms with Crippen LogP contribution in [0.1, 0.15) is 71.8 Å². The van der Waals surface area contributed by atoms with Gasteiger partial charge in [-0.3, -0.25) is 33.6 Å². The van der Waals surface area contributed by atoms with E-state index in [1.807, 2.05) is 19.9 Å². The van der Waals surface area contributed by atoms with Gasteiger partial charge in [-0.1, -0.05) is 82.7 Å². The van der Waals surface area contributed by atoms with Crippen molar-refractivity contribution in [3.63, 3.8) is 0 Å². The zero-order valence-electron chi connectivity index (χ0n) is 33.6. The van der Waals surface area contributed by atoms with Gasteiger partial charge in [0.15, 0.2) is 0 Å². The van der Waals surface area contributed by atoms with E-state index in [9.17, 15) is 38.7 Å². The van der Waals surface area contributed by atoms with E-state index in [2.05, 4.69) is 71.5 Å². The number of likely N-dealkylation sites (N-methyl/N-ethyl adjacent to an activating group) is 1. The molecule has 0 saturated carbocycles. The fraction of sp³-hybridized carbons (Fsp3) is 0.649.